The minimum atomic E-state index is 0.00169. The van der Waals surface area contributed by atoms with Crippen LogP contribution in [0.3, 0.4) is 0 Å². The number of hydrogen-bond acceptors (Lipinski definition) is 4. The maximum atomic E-state index is 5.78. The highest BCUT2D eigenvalue weighted by Gasteiger charge is 2.21. The fraction of sp³-hybridized carbons (Fsp3) is 0.750. The van der Waals surface area contributed by atoms with Crippen molar-refractivity contribution >= 4 is 0 Å². The molecule has 1 aromatic heterocycles. The average Bonchev–Trinajstić information content (AvgIpc) is 2.67. The van der Waals surface area contributed by atoms with E-state index in [1.165, 1.54) is 0 Å². The lowest BCUT2D eigenvalue weighted by atomic mass is 9.97. The van der Waals surface area contributed by atoms with Crippen LogP contribution in [-0.2, 0) is 12.0 Å². The summed E-state index contributed by atoms with van der Waals surface area (Å²) >= 11 is 0. The molecule has 0 bridgehead atoms. The molecule has 16 heavy (non-hydrogen) atoms. The van der Waals surface area contributed by atoms with Crippen LogP contribution in [-0.4, -0.2) is 36.1 Å². The van der Waals surface area contributed by atoms with Crippen molar-refractivity contribution in [3.05, 3.63) is 17.8 Å². The second-order valence-electron chi connectivity index (χ2n) is 5.41. The van der Waals surface area contributed by atoms with Crippen LogP contribution < -0.4 is 5.32 Å². The van der Waals surface area contributed by atoms with Gasteiger partial charge in [-0.1, -0.05) is 20.8 Å². The SMILES string of the molecule is CC(C)(C)c1ncc(CN2CCNCC2)o1. The fourth-order valence-electron chi connectivity index (χ4n) is 1.82. The second-order valence-corrected chi connectivity index (χ2v) is 5.41. The molecular formula is C12H21N3O. The van der Waals surface area contributed by atoms with Gasteiger partial charge >= 0.3 is 0 Å². The van der Waals surface area contributed by atoms with Crippen LogP contribution in [0.15, 0.2) is 10.6 Å². The largest absolute Gasteiger partial charge is 0.444 e. The van der Waals surface area contributed by atoms with E-state index in [-0.39, 0.29) is 5.41 Å². The van der Waals surface area contributed by atoms with E-state index in [1.54, 1.807) is 0 Å². The first-order chi connectivity index (χ1) is 7.55. The smallest absolute Gasteiger partial charge is 0.199 e. The molecule has 0 spiro atoms. The summed E-state index contributed by atoms with van der Waals surface area (Å²) in [6.07, 6.45) is 1.86. The first-order valence-corrected chi connectivity index (χ1v) is 5.94. The molecule has 1 N–H and O–H groups in total. The highest BCUT2D eigenvalue weighted by molar-refractivity contribution is 5.02. The van der Waals surface area contributed by atoms with Crippen LogP contribution in [0.5, 0.6) is 0 Å². The Hall–Kier alpha value is -0.870. The van der Waals surface area contributed by atoms with Gasteiger partial charge in [0.25, 0.3) is 0 Å². The zero-order valence-electron chi connectivity index (χ0n) is 10.4. The minimum absolute atomic E-state index is 0.00169. The van der Waals surface area contributed by atoms with Crippen molar-refractivity contribution in [2.24, 2.45) is 0 Å². The Morgan fingerprint density at radius 2 is 2.06 bits per heavy atom. The number of oxazole rings is 1. The van der Waals surface area contributed by atoms with E-state index < -0.39 is 0 Å². The van der Waals surface area contributed by atoms with Gasteiger partial charge < -0.3 is 9.73 Å². The van der Waals surface area contributed by atoms with E-state index in [0.29, 0.717) is 0 Å². The molecule has 90 valence electrons. The molecule has 0 unspecified atom stereocenters. The predicted octanol–water partition coefficient (Wildman–Crippen LogP) is 1.38. The number of aromatic nitrogens is 1. The molecule has 0 aromatic carbocycles. The van der Waals surface area contributed by atoms with Crippen molar-refractivity contribution in [3.63, 3.8) is 0 Å². The third-order valence-electron chi connectivity index (χ3n) is 2.78. The van der Waals surface area contributed by atoms with E-state index in [2.05, 4.69) is 36.0 Å². The Kier molecular flexibility index (Phi) is 3.30. The predicted molar refractivity (Wildman–Crippen MR) is 63.3 cm³/mol. The van der Waals surface area contributed by atoms with Gasteiger partial charge in [-0.2, -0.15) is 0 Å². The summed E-state index contributed by atoms with van der Waals surface area (Å²) in [5.74, 6) is 1.81. The lowest BCUT2D eigenvalue weighted by Gasteiger charge is -2.26. The van der Waals surface area contributed by atoms with Crippen LogP contribution in [0, 0.1) is 0 Å². The Morgan fingerprint density at radius 3 is 2.62 bits per heavy atom. The average molecular weight is 223 g/mol. The van der Waals surface area contributed by atoms with E-state index in [0.717, 1.165) is 44.4 Å². The normalized spacial score (nSPS) is 18.9. The van der Waals surface area contributed by atoms with Gasteiger partial charge in [0.05, 0.1) is 12.7 Å². The summed E-state index contributed by atoms with van der Waals surface area (Å²) in [5.41, 5.74) is 0.00169. The molecule has 0 amide bonds. The topological polar surface area (TPSA) is 41.3 Å². The molecule has 0 radical (unpaired) electrons. The molecule has 4 heteroatoms. The van der Waals surface area contributed by atoms with Crippen LogP contribution in [0.2, 0.25) is 0 Å². The van der Waals surface area contributed by atoms with Crippen molar-refractivity contribution in [2.75, 3.05) is 26.2 Å². The summed E-state index contributed by atoms with van der Waals surface area (Å²) in [7, 11) is 0. The summed E-state index contributed by atoms with van der Waals surface area (Å²) in [6, 6.07) is 0. The fourth-order valence-corrected chi connectivity index (χ4v) is 1.82. The zero-order valence-corrected chi connectivity index (χ0v) is 10.4. The molecular weight excluding hydrogens is 202 g/mol. The first-order valence-electron chi connectivity index (χ1n) is 5.94. The van der Waals surface area contributed by atoms with Gasteiger partial charge in [0.2, 0.25) is 0 Å². The minimum Gasteiger partial charge on any atom is -0.444 e. The summed E-state index contributed by atoms with van der Waals surface area (Å²) < 4.78 is 5.78. The molecule has 0 atom stereocenters. The molecule has 2 heterocycles. The molecule has 0 aliphatic carbocycles. The van der Waals surface area contributed by atoms with Crippen LogP contribution in [0.25, 0.3) is 0 Å². The quantitative estimate of drug-likeness (QED) is 0.822. The van der Waals surface area contributed by atoms with Gasteiger partial charge in [0.1, 0.15) is 5.76 Å². The van der Waals surface area contributed by atoms with Crippen molar-refractivity contribution in [3.8, 4) is 0 Å². The monoisotopic (exact) mass is 223 g/mol. The lowest BCUT2D eigenvalue weighted by molar-refractivity contribution is 0.211. The molecule has 1 aromatic rings. The van der Waals surface area contributed by atoms with Crippen LogP contribution in [0.4, 0.5) is 0 Å². The van der Waals surface area contributed by atoms with E-state index >= 15 is 0 Å². The standard InChI is InChI=1S/C12H21N3O/c1-12(2,3)11-14-8-10(16-11)9-15-6-4-13-5-7-15/h8,13H,4-7,9H2,1-3H3. The molecule has 2 rings (SSSR count). The second kappa shape index (κ2) is 4.55. The Balaban J connectivity index is 1.97. The number of rotatable bonds is 2. The molecule has 1 aliphatic heterocycles. The summed E-state index contributed by atoms with van der Waals surface area (Å²) in [5, 5.41) is 3.34. The molecule has 4 nitrogen and oxygen atoms in total. The molecule has 0 saturated carbocycles. The van der Waals surface area contributed by atoms with Gasteiger partial charge in [-0.25, -0.2) is 4.98 Å². The van der Waals surface area contributed by atoms with Gasteiger partial charge in [0, 0.05) is 31.6 Å². The molecule has 1 saturated heterocycles. The van der Waals surface area contributed by atoms with E-state index in [1.807, 2.05) is 6.20 Å². The number of piperazine rings is 1. The molecule has 1 fully saturated rings. The first kappa shape index (κ1) is 11.6. The number of nitrogens with zero attached hydrogens (tertiary/aromatic N) is 2. The van der Waals surface area contributed by atoms with Crippen molar-refractivity contribution in [2.45, 2.75) is 32.7 Å². The van der Waals surface area contributed by atoms with Gasteiger partial charge in [0.15, 0.2) is 5.89 Å². The van der Waals surface area contributed by atoms with Gasteiger partial charge in [-0.15, -0.1) is 0 Å². The number of hydrogen-bond donors (Lipinski definition) is 1. The van der Waals surface area contributed by atoms with Crippen molar-refractivity contribution in [1.82, 2.24) is 15.2 Å². The van der Waals surface area contributed by atoms with Crippen LogP contribution in [0.1, 0.15) is 32.4 Å². The third kappa shape index (κ3) is 2.83. The van der Waals surface area contributed by atoms with Crippen molar-refractivity contribution < 1.29 is 4.42 Å². The lowest BCUT2D eigenvalue weighted by Crippen LogP contribution is -2.42. The van der Waals surface area contributed by atoms with Crippen molar-refractivity contribution in [1.29, 1.82) is 0 Å². The maximum Gasteiger partial charge on any atom is 0.199 e. The van der Waals surface area contributed by atoms with Gasteiger partial charge in [-0.3, -0.25) is 4.90 Å². The zero-order chi connectivity index (χ0) is 11.6. The number of nitrogens with one attached hydrogen (secondary N) is 1. The highest BCUT2D eigenvalue weighted by Crippen LogP contribution is 2.22. The third-order valence-corrected chi connectivity index (χ3v) is 2.78. The Labute approximate surface area is 97.0 Å². The van der Waals surface area contributed by atoms with E-state index in [4.69, 9.17) is 4.42 Å². The molecule has 1 aliphatic rings. The maximum absolute atomic E-state index is 5.78. The van der Waals surface area contributed by atoms with Gasteiger partial charge in [-0.05, 0) is 0 Å². The Bertz CT molecular complexity index is 334. The summed E-state index contributed by atoms with van der Waals surface area (Å²) in [4.78, 5) is 6.74. The Morgan fingerprint density at radius 1 is 1.38 bits per heavy atom. The summed E-state index contributed by atoms with van der Waals surface area (Å²) in [6.45, 7) is 11.6. The highest BCUT2D eigenvalue weighted by atomic mass is 16.4. The van der Waals surface area contributed by atoms with E-state index in [9.17, 15) is 0 Å². The van der Waals surface area contributed by atoms with Crippen LogP contribution >= 0.6 is 0 Å².